The monoisotopic (exact) mass is 305 g/mol. The van der Waals surface area contributed by atoms with Crippen molar-refractivity contribution in [2.75, 3.05) is 19.0 Å². The van der Waals surface area contributed by atoms with Crippen molar-refractivity contribution in [2.45, 2.75) is 32.2 Å². The minimum atomic E-state index is 0. The lowest BCUT2D eigenvalue weighted by Gasteiger charge is -2.09. The lowest BCUT2D eigenvalue weighted by atomic mass is 10.1. The Kier molecular flexibility index (Phi) is 10.9. The Morgan fingerprint density at radius 2 is 1.68 bits per heavy atom. The molecule has 0 heterocycles. The predicted octanol–water partition coefficient (Wildman–Crippen LogP) is 3.31. The van der Waals surface area contributed by atoms with E-state index in [1.54, 1.807) is 0 Å². The Morgan fingerprint density at radius 3 is 2.21 bits per heavy atom. The maximum atomic E-state index is 5.78. The van der Waals surface area contributed by atoms with Gasteiger partial charge in [-0.05, 0) is 50.5 Å². The van der Waals surface area contributed by atoms with Crippen LogP contribution in [0.3, 0.4) is 0 Å². The third-order valence-electron chi connectivity index (χ3n) is 2.61. The van der Waals surface area contributed by atoms with E-state index in [0.717, 1.165) is 43.1 Å². The molecule has 0 spiro atoms. The van der Waals surface area contributed by atoms with E-state index >= 15 is 0 Å². The average Bonchev–Trinajstić information content (AvgIpc) is 2.40. The summed E-state index contributed by atoms with van der Waals surface area (Å²) in [6.45, 7) is 3.39. The van der Waals surface area contributed by atoms with Crippen LogP contribution in [-0.2, 0) is 0 Å². The second kappa shape index (κ2) is 11.3. The first-order valence-electron chi connectivity index (χ1n) is 6.48. The van der Waals surface area contributed by atoms with E-state index in [1.165, 1.54) is 0 Å². The molecule has 1 aromatic carbocycles. The van der Waals surface area contributed by atoms with Crippen molar-refractivity contribution in [3.05, 3.63) is 24.3 Å². The van der Waals surface area contributed by atoms with Crippen LogP contribution in [0.15, 0.2) is 24.3 Å². The van der Waals surface area contributed by atoms with Gasteiger partial charge < -0.3 is 15.2 Å². The number of rotatable bonds is 9. The molecule has 2 N–H and O–H groups in total. The topological polar surface area (TPSA) is 44.5 Å². The fourth-order valence-corrected chi connectivity index (χ4v) is 1.77. The summed E-state index contributed by atoms with van der Waals surface area (Å²) < 4.78 is 11.0. The molecule has 0 radical (unpaired) electrons. The molecule has 110 valence electrons. The molecule has 0 aliphatic rings. The summed E-state index contributed by atoms with van der Waals surface area (Å²) in [7, 11) is 0. The highest BCUT2D eigenvalue weighted by Gasteiger charge is 1.99. The van der Waals surface area contributed by atoms with E-state index in [1.807, 2.05) is 31.2 Å². The van der Waals surface area contributed by atoms with Gasteiger partial charge in [0, 0.05) is 11.8 Å². The first-order chi connectivity index (χ1) is 8.76. The molecule has 19 heavy (non-hydrogen) atoms. The minimum absolute atomic E-state index is 0. The lowest BCUT2D eigenvalue weighted by molar-refractivity contribution is 0.302. The van der Waals surface area contributed by atoms with Gasteiger partial charge in [-0.25, -0.2) is 0 Å². The zero-order valence-corrected chi connectivity index (χ0v) is 13.1. The number of unbranched alkanes of at least 4 members (excludes halogenated alkanes) is 1. The fraction of sp³-hybridized carbons (Fsp3) is 0.571. The second-order valence-corrected chi connectivity index (χ2v) is 4.56. The number of hydrogen-bond acceptors (Lipinski definition) is 4. The zero-order chi connectivity index (χ0) is 13.2. The summed E-state index contributed by atoms with van der Waals surface area (Å²) in [5.74, 6) is 2.52. The van der Waals surface area contributed by atoms with Crippen LogP contribution in [0.1, 0.15) is 26.2 Å². The zero-order valence-electron chi connectivity index (χ0n) is 11.4. The largest absolute Gasteiger partial charge is 0.494 e. The van der Waals surface area contributed by atoms with Crippen LogP contribution in [-0.4, -0.2) is 25.0 Å². The van der Waals surface area contributed by atoms with E-state index in [0.29, 0.717) is 6.61 Å². The summed E-state index contributed by atoms with van der Waals surface area (Å²) in [6.07, 6.45) is 3.11. The SMILES string of the molecule is CCOc1ccc(OCCCCC(N)CS)cc1.Cl. The van der Waals surface area contributed by atoms with Crippen LogP contribution in [0, 0.1) is 0 Å². The number of benzene rings is 1. The van der Waals surface area contributed by atoms with E-state index in [-0.39, 0.29) is 18.4 Å². The van der Waals surface area contributed by atoms with E-state index in [2.05, 4.69) is 12.6 Å². The smallest absolute Gasteiger partial charge is 0.119 e. The Bertz CT molecular complexity index is 322. The molecule has 3 nitrogen and oxygen atoms in total. The second-order valence-electron chi connectivity index (χ2n) is 4.19. The van der Waals surface area contributed by atoms with Gasteiger partial charge in [0.1, 0.15) is 11.5 Å². The molecule has 1 unspecified atom stereocenters. The molecule has 1 atom stereocenters. The molecule has 0 saturated carbocycles. The van der Waals surface area contributed by atoms with Gasteiger partial charge >= 0.3 is 0 Å². The molecule has 0 fully saturated rings. The van der Waals surface area contributed by atoms with Crippen molar-refractivity contribution in [3.63, 3.8) is 0 Å². The molecular weight excluding hydrogens is 282 g/mol. The van der Waals surface area contributed by atoms with Crippen LogP contribution >= 0.6 is 25.0 Å². The highest BCUT2D eigenvalue weighted by Crippen LogP contribution is 2.17. The van der Waals surface area contributed by atoms with Crippen LogP contribution in [0.5, 0.6) is 11.5 Å². The molecule has 0 bridgehead atoms. The number of nitrogens with two attached hydrogens (primary N) is 1. The Morgan fingerprint density at radius 1 is 1.11 bits per heavy atom. The van der Waals surface area contributed by atoms with E-state index in [9.17, 15) is 0 Å². The Hall–Kier alpha value is -0.580. The maximum Gasteiger partial charge on any atom is 0.119 e. The molecule has 1 rings (SSSR count). The normalized spacial score (nSPS) is 11.5. The number of ether oxygens (including phenoxy) is 2. The van der Waals surface area contributed by atoms with Gasteiger partial charge in [-0.1, -0.05) is 0 Å². The van der Waals surface area contributed by atoms with Gasteiger partial charge in [0.05, 0.1) is 13.2 Å². The van der Waals surface area contributed by atoms with Gasteiger partial charge in [0.2, 0.25) is 0 Å². The maximum absolute atomic E-state index is 5.78. The summed E-state index contributed by atoms with van der Waals surface area (Å²) in [5, 5.41) is 0. The summed E-state index contributed by atoms with van der Waals surface area (Å²) in [5.41, 5.74) is 5.78. The van der Waals surface area contributed by atoms with Gasteiger partial charge in [-0.15, -0.1) is 12.4 Å². The van der Waals surface area contributed by atoms with Crippen molar-refractivity contribution in [1.82, 2.24) is 0 Å². The number of hydrogen-bond donors (Lipinski definition) is 2. The number of thiol groups is 1. The fourth-order valence-electron chi connectivity index (χ4n) is 1.59. The van der Waals surface area contributed by atoms with Gasteiger partial charge in [-0.2, -0.15) is 12.6 Å². The average molecular weight is 306 g/mol. The van der Waals surface area contributed by atoms with Gasteiger partial charge in [0.15, 0.2) is 0 Å². The van der Waals surface area contributed by atoms with E-state index < -0.39 is 0 Å². The summed E-state index contributed by atoms with van der Waals surface area (Å²) in [6, 6.07) is 7.93. The summed E-state index contributed by atoms with van der Waals surface area (Å²) >= 11 is 4.16. The van der Waals surface area contributed by atoms with Gasteiger partial charge in [0.25, 0.3) is 0 Å². The standard InChI is InChI=1S/C14H23NO2S.ClH/c1-2-16-13-6-8-14(9-7-13)17-10-4-3-5-12(15)11-18;/h6-9,12,18H,2-5,10-11,15H2,1H3;1H. The lowest BCUT2D eigenvalue weighted by Crippen LogP contribution is -2.21. The third kappa shape index (κ3) is 8.24. The van der Waals surface area contributed by atoms with Crippen LogP contribution in [0.25, 0.3) is 0 Å². The molecule has 5 heteroatoms. The van der Waals surface area contributed by atoms with Crippen LogP contribution < -0.4 is 15.2 Å². The van der Waals surface area contributed by atoms with Crippen molar-refractivity contribution in [2.24, 2.45) is 5.73 Å². The molecule has 1 aromatic rings. The van der Waals surface area contributed by atoms with Crippen LogP contribution in [0.2, 0.25) is 0 Å². The molecule has 0 aliphatic carbocycles. The quantitative estimate of drug-likeness (QED) is 0.543. The van der Waals surface area contributed by atoms with Crippen LogP contribution in [0.4, 0.5) is 0 Å². The predicted molar refractivity (Wildman–Crippen MR) is 86.0 cm³/mol. The number of halogens is 1. The molecule has 0 saturated heterocycles. The Labute approximate surface area is 127 Å². The first-order valence-corrected chi connectivity index (χ1v) is 7.11. The molecule has 0 amide bonds. The highest BCUT2D eigenvalue weighted by atomic mass is 35.5. The molecule has 0 aromatic heterocycles. The van der Waals surface area contributed by atoms with Crippen molar-refractivity contribution in [3.8, 4) is 11.5 Å². The first kappa shape index (κ1) is 18.4. The van der Waals surface area contributed by atoms with Crippen molar-refractivity contribution in [1.29, 1.82) is 0 Å². The van der Waals surface area contributed by atoms with Crippen molar-refractivity contribution < 1.29 is 9.47 Å². The van der Waals surface area contributed by atoms with Gasteiger partial charge in [-0.3, -0.25) is 0 Å². The van der Waals surface area contributed by atoms with Crippen molar-refractivity contribution >= 4 is 25.0 Å². The summed E-state index contributed by atoms with van der Waals surface area (Å²) in [4.78, 5) is 0. The van der Waals surface area contributed by atoms with E-state index in [4.69, 9.17) is 15.2 Å². The Balaban J connectivity index is 0.00000324. The molecular formula is C14H24ClNO2S. The third-order valence-corrected chi connectivity index (χ3v) is 3.08. The minimum Gasteiger partial charge on any atom is -0.494 e. The highest BCUT2D eigenvalue weighted by molar-refractivity contribution is 7.80. The molecule has 0 aliphatic heterocycles.